The first kappa shape index (κ1) is 31.4. The van der Waals surface area contributed by atoms with Crippen molar-refractivity contribution in [1.82, 2.24) is 0 Å². The predicted octanol–water partition coefficient (Wildman–Crippen LogP) is 10.3. The fraction of sp³-hybridized carbons (Fsp3) is 0.400. The normalized spacial score (nSPS) is 11.2. The molecule has 0 aromatic heterocycles. The van der Waals surface area contributed by atoms with Crippen LogP contribution in [0.25, 0.3) is 0 Å². The summed E-state index contributed by atoms with van der Waals surface area (Å²) in [4.78, 5) is 0. The standard InChI is InChI=1S/C40H52N2/c1-31-27-33(15-21-37(31)29-35-17-23-39(41)24-18-35)13-11-9-7-5-3-4-6-8-10-12-14-34-16-22-38(32(2)28-34)30-36-19-25-40(42)26-20-36/h15-28H,3-14,29-30,41-42H2,1-2H3. The fourth-order valence-electron chi connectivity index (χ4n) is 6.01. The van der Waals surface area contributed by atoms with Crippen LogP contribution in [0, 0.1) is 13.8 Å². The van der Waals surface area contributed by atoms with Crippen LogP contribution in [0.3, 0.4) is 0 Å². The minimum atomic E-state index is 0.830. The third-order valence-corrected chi connectivity index (χ3v) is 8.74. The Hall–Kier alpha value is -3.52. The number of hydrogen-bond acceptors (Lipinski definition) is 2. The first-order valence-corrected chi connectivity index (χ1v) is 16.3. The number of nitrogens with two attached hydrogens (primary N) is 2. The number of anilines is 2. The van der Waals surface area contributed by atoms with Crippen molar-refractivity contribution in [1.29, 1.82) is 0 Å². The van der Waals surface area contributed by atoms with Crippen LogP contribution in [-0.2, 0) is 25.7 Å². The average molecular weight is 561 g/mol. The molecule has 0 atom stereocenters. The molecule has 0 saturated heterocycles. The van der Waals surface area contributed by atoms with E-state index in [1.807, 2.05) is 24.3 Å². The van der Waals surface area contributed by atoms with E-state index < -0.39 is 0 Å². The molecule has 0 fully saturated rings. The van der Waals surface area contributed by atoms with Crippen molar-refractivity contribution >= 4 is 11.4 Å². The smallest absolute Gasteiger partial charge is 0.0314 e. The van der Waals surface area contributed by atoms with Crippen molar-refractivity contribution in [3.63, 3.8) is 0 Å². The minimum Gasteiger partial charge on any atom is -0.399 e. The van der Waals surface area contributed by atoms with Crippen molar-refractivity contribution in [3.8, 4) is 0 Å². The summed E-state index contributed by atoms with van der Waals surface area (Å²) in [5.41, 5.74) is 24.6. The van der Waals surface area contributed by atoms with E-state index in [1.165, 1.54) is 122 Å². The molecule has 0 spiro atoms. The van der Waals surface area contributed by atoms with Gasteiger partial charge >= 0.3 is 0 Å². The predicted molar refractivity (Wildman–Crippen MR) is 183 cm³/mol. The first-order chi connectivity index (χ1) is 20.5. The van der Waals surface area contributed by atoms with Gasteiger partial charge in [-0.15, -0.1) is 0 Å². The molecule has 4 rings (SSSR count). The summed E-state index contributed by atoms with van der Waals surface area (Å²) in [6, 6.07) is 30.6. The summed E-state index contributed by atoms with van der Waals surface area (Å²) in [5, 5.41) is 0. The van der Waals surface area contributed by atoms with Gasteiger partial charge < -0.3 is 11.5 Å². The van der Waals surface area contributed by atoms with Gasteiger partial charge in [0, 0.05) is 11.4 Å². The number of benzene rings is 4. The molecule has 0 saturated carbocycles. The topological polar surface area (TPSA) is 52.0 Å². The van der Waals surface area contributed by atoms with Gasteiger partial charge in [0.2, 0.25) is 0 Å². The zero-order valence-electron chi connectivity index (χ0n) is 26.1. The minimum absolute atomic E-state index is 0.830. The second kappa shape index (κ2) is 16.8. The van der Waals surface area contributed by atoms with Crippen LogP contribution in [0.4, 0.5) is 11.4 Å². The first-order valence-electron chi connectivity index (χ1n) is 16.3. The lowest BCUT2D eigenvalue weighted by atomic mass is 9.96. The molecule has 42 heavy (non-hydrogen) atoms. The second-order valence-corrected chi connectivity index (χ2v) is 12.4. The van der Waals surface area contributed by atoms with E-state index in [-0.39, 0.29) is 0 Å². The number of rotatable bonds is 17. The van der Waals surface area contributed by atoms with E-state index >= 15 is 0 Å². The van der Waals surface area contributed by atoms with Gasteiger partial charge in [-0.25, -0.2) is 0 Å². The molecule has 0 amide bonds. The van der Waals surface area contributed by atoms with Crippen molar-refractivity contribution in [2.75, 3.05) is 11.5 Å². The second-order valence-electron chi connectivity index (χ2n) is 12.4. The molecule has 0 aliphatic rings. The van der Waals surface area contributed by atoms with Gasteiger partial charge in [-0.1, -0.05) is 112 Å². The molecule has 0 unspecified atom stereocenters. The van der Waals surface area contributed by atoms with E-state index in [9.17, 15) is 0 Å². The Kier molecular flexibility index (Phi) is 12.6. The Labute approximate surface area is 255 Å². The van der Waals surface area contributed by atoms with Crippen molar-refractivity contribution < 1.29 is 0 Å². The van der Waals surface area contributed by atoms with Crippen LogP contribution < -0.4 is 11.5 Å². The fourth-order valence-corrected chi connectivity index (χ4v) is 6.01. The Bertz CT molecular complexity index is 1240. The average Bonchev–Trinajstić information content (AvgIpc) is 2.98. The van der Waals surface area contributed by atoms with Gasteiger partial charge in [-0.05, 0) is 121 Å². The molecule has 4 N–H and O–H groups in total. The lowest BCUT2D eigenvalue weighted by Crippen LogP contribution is -1.95. The summed E-state index contributed by atoms with van der Waals surface area (Å²) in [7, 11) is 0. The maximum atomic E-state index is 5.82. The number of aryl methyl sites for hydroxylation is 4. The Morgan fingerprint density at radius 3 is 1.02 bits per heavy atom. The van der Waals surface area contributed by atoms with E-state index in [2.05, 4.69) is 74.5 Å². The molecule has 2 heteroatoms. The molecule has 4 aromatic carbocycles. The van der Waals surface area contributed by atoms with Crippen molar-refractivity contribution in [2.24, 2.45) is 0 Å². The van der Waals surface area contributed by atoms with Crippen LogP contribution in [-0.4, -0.2) is 0 Å². The molecule has 0 radical (unpaired) electrons. The van der Waals surface area contributed by atoms with Crippen molar-refractivity contribution in [2.45, 2.75) is 104 Å². The maximum absolute atomic E-state index is 5.82. The van der Waals surface area contributed by atoms with Gasteiger partial charge in [-0.2, -0.15) is 0 Å². The lowest BCUT2D eigenvalue weighted by Gasteiger charge is -2.10. The van der Waals surface area contributed by atoms with Crippen LogP contribution in [0.5, 0.6) is 0 Å². The summed E-state index contributed by atoms with van der Waals surface area (Å²) in [6.07, 6.45) is 18.0. The van der Waals surface area contributed by atoms with Crippen LogP contribution in [0.2, 0.25) is 0 Å². The highest BCUT2D eigenvalue weighted by Crippen LogP contribution is 2.20. The molecule has 0 bridgehead atoms. The van der Waals surface area contributed by atoms with E-state index in [0.29, 0.717) is 0 Å². The molecule has 4 aromatic rings. The Morgan fingerprint density at radius 1 is 0.381 bits per heavy atom. The lowest BCUT2D eigenvalue weighted by molar-refractivity contribution is 0.551. The van der Waals surface area contributed by atoms with E-state index in [0.717, 1.165) is 24.2 Å². The zero-order chi connectivity index (χ0) is 29.6. The Morgan fingerprint density at radius 2 is 0.690 bits per heavy atom. The number of nitrogen functional groups attached to an aromatic ring is 2. The van der Waals surface area contributed by atoms with Gasteiger partial charge in [0.1, 0.15) is 0 Å². The third-order valence-electron chi connectivity index (χ3n) is 8.74. The molecule has 2 nitrogen and oxygen atoms in total. The quantitative estimate of drug-likeness (QED) is 0.0997. The molecule has 0 aliphatic heterocycles. The van der Waals surface area contributed by atoms with Gasteiger partial charge in [0.25, 0.3) is 0 Å². The molecule has 0 aliphatic carbocycles. The maximum Gasteiger partial charge on any atom is 0.0314 e. The summed E-state index contributed by atoms with van der Waals surface area (Å²) < 4.78 is 0. The van der Waals surface area contributed by atoms with Crippen LogP contribution in [0.15, 0.2) is 84.9 Å². The van der Waals surface area contributed by atoms with E-state index in [1.54, 1.807) is 0 Å². The highest BCUT2D eigenvalue weighted by Gasteiger charge is 2.04. The Balaban J connectivity index is 0.999. The van der Waals surface area contributed by atoms with Crippen LogP contribution in [0.1, 0.15) is 109 Å². The van der Waals surface area contributed by atoms with Crippen LogP contribution >= 0.6 is 0 Å². The van der Waals surface area contributed by atoms with Gasteiger partial charge in [-0.3, -0.25) is 0 Å². The van der Waals surface area contributed by atoms with Gasteiger partial charge in [0.05, 0.1) is 0 Å². The molecular formula is C40H52N2. The van der Waals surface area contributed by atoms with Gasteiger partial charge in [0.15, 0.2) is 0 Å². The molecule has 222 valence electrons. The number of unbranched alkanes of at least 4 members (excludes halogenated alkanes) is 9. The summed E-state index contributed by atoms with van der Waals surface area (Å²) in [5.74, 6) is 0. The molecular weight excluding hydrogens is 508 g/mol. The highest BCUT2D eigenvalue weighted by molar-refractivity contribution is 5.43. The summed E-state index contributed by atoms with van der Waals surface area (Å²) in [6.45, 7) is 4.50. The summed E-state index contributed by atoms with van der Waals surface area (Å²) >= 11 is 0. The van der Waals surface area contributed by atoms with E-state index in [4.69, 9.17) is 11.5 Å². The monoisotopic (exact) mass is 560 g/mol. The largest absolute Gasteiger partial charge is 0.399 e. The zero-order valence-corrected chi connectivity index (χ0v) is 26.1. The third kappa shape index (κ3) is 10.7. The SMILES string of the molecule is Cc1cc(CCCCCCCCCCCCc2ccc(Cc3ccc(N)cc3)c(C)c2)ccc1Cc1ccc(N)cc1. The van der Waals surface area contributed by atoms with Crippen molar-refractivity contribution in [3.05, 3.63) is 129 Å². The number of hydrogen-bond donors (Lipinski definition) is 2. The highest BCUT2D eigenvalue weighted by atomic mass is 14.5. The molecule has 0 heterocycles.